The summed E-state index contributed by atoms with van der Waals surface area (Å²) in [5.74, 6) is 0.653. The van der Waals surface area contributed by atoms with E-state index in [9.17, 15) is 10.1 Å². The fraction of sp³-hybridized carbons (Fsp3) is 0.235. The van der Waals surface area contributed by atoms with Crippen LogP contribution in [0.15, 0.2) is 53.5 Å². The zero-order valence-electron chi connectivity index (χ0n) is 13.7. The monoisotopic (exact) mass is 440 g/mol. The van der Waals surface area contributed by atoms with Gasteiger partial charge in [-0.05, 0) is 23.6 Å². The van der Waals surface area contributed by atoms with Crippen LogP contribution in [-0.2, 0) is 13.1 Å². The van der Waals surface area contributed by atoms with E-state index in [2.05, 4.69) is 34.7 Å². The molecule has 2 N–H and O–H groups in total. The molecule has 24 heavy (non-hydrogen) atoms. The van der Waals surface area contributed by atoms with E-state index in [1.165, 1.54) is 17.2 Å². The fourth-order valence-corrected chi connectivity index (χ4v) is 2.17. The van der Waals surface area contributed by atoms with Crippen LogP contribution in [-0.4, -0.2) is 17.9 Å². The van der Waals surface area contributed by atoms with Gasteiger partial charge in [0.15, 0.2) is 5.96 Å². The van der Waals surface area contributed by atoms with E-state index in [1.807, 2.05) is 18.2 Å². The predicted molar refractivity (Wildman–Crippen MR) is 107 cm³/mol. The van der Waals surface area contributed by atoms with Crippen molar-refractivity contribution >= 4 is 35.6 Å². The highest BCUT2D eigenvalue weighted by Gasteiger charge is 2.06. The molecule has 0 heterocycles. The highest BCUT2D eigenvalue weighted by molar-refractivity contribution is 14.0. The van der Waals surface area contributed by atoms with Crippen LogP contribution in [0, 0.1) is 17.0 Å². The molecule has 0 unspecified atom stereocenters. The normalized spacial score (nSPS) is 10.7. The zero-order valence-corrected chi connectivity index (χ0v) is 16.0. The van der Waals surface area contributed by atoms with Crippen molar-refractivity contribution in [2.24, 2.45) is 4.99 Å². The average molecular weight is 440 g/mol. The Bertz CT molecular complexity index is 719. The molecule has 0 aliphatic rings. The molecule has 2 aromatic rings. The van der Waals surface area contributed by atoms with Gasteiger partial charge in [0.05, 0.1) is 4.92 Å². The summed E-state index contributed by atoms with van der Waals surface area (Å²) in [7, 11) is 1.70. The number of hydrogen-bond donors (Lipinski definition) is 2. The lowest BCUT2D eigenvalue weighted by Gasteiger charge is -2.13. The van der Waals surface area contributed by atoms with Gasteiger partial charge < -0.3 is 10.6 Å². The number of aliphatic imine (C=N–C) groups is 1. The van der Waals surface area contributed by atoms with Gasteiger partial charge in [-0.1, -0.05) is 36.4 Å². The van der Waals surface area contributed by atoms with Crippen LogP contribution in [0.25, 0.3) is 0 Å². The Morgan fingerprint density at radius 2 is 1.83 bits per heavy atom. The summed E-state index contributed by atoms with van der Waals surface area (Å²) in [5.41, 5.74) is 3.34. The van der Waals surface area contributed by atoms with E-state index in [-0.39, 0.29) is 29.7 Å². The van der Waals surface area contributed by atoms with Crippen LogP contribution < -0.4 is 10.6 Å². The standard InChI is InChI=1S/C17H20N4O2.HI/c1-13-6-3-4-8-15(13)12-20-17(18-2)19-11-14-7-5-9-16(10-14)21(22)23;/h3-10H,11-12H2,1-2H3,(H2,18,19,20);1H. The average Bonchev–Trinajstić information content (AvgIpc) is 2.56. The predicted octanol–water partition coefficient (Wildman–Crippen LogP) is 3.39. The molecule has 0 aliphatic heterocycles. The van der Waals surface area contributed by atoms with E-state index in [0.29, 0.717) is 19.0 Å². The van der Waals surface area contributed by atoms with Gasteiger partial charge in [-0.2, -0.15) is 0 Å². The lowest BCUT2D eigenvalue weighted by atomic mass is 10.1. The lowest BCUT2D eigenvalue weighted by molar-refractivity contribution is -0.384. The van der Waals surface area contributed by atoms with Gasteiger partial charge >= 0.3 is 0 Å². The molecule has 0 bridgehead atoms. The van der Waals surface area contributed by atoms with E-state index >= 15 is 0 Å². The summed E-state index contributed by atoms with van der Waals surface area (Å²) in [6, 6.07) is 14.7. The smallest absolute Gasteiger partial charge is 0.269 e. The van der Waals surface area contributed by atoms with Crippen LogP contribution in [0.5, 0.6) is 0 Å². The second-order valence-corrected chi connectivity index (χ2v) is 5.13. The van der Waals surface area contributed by atoms with E-state index in [1.54, 1.807) is 19.2 Å². The first-order valence-electron chi connectivity index (χ1n) is 7.32. The molecular formula is C17H21IN4O2. The number of rotatable bonds is 5. The quantitative estimate of drug-likeness (QED) is 0.246. The van der Waals surface area contributed by atoms with Crippen molar-refractivity contribution in [1.82, 2.24) is 10.6 Å². The molecule has 0 saturated heterocycles. The third-order valence-electron chi connectivity index (χ3n) is 3.51. The van der Waals surface area contributed by atoms with Crippen LogP contribution in [0.3, 0.4) is 0 Å². The molecule has 0 amide bonds. The van der Waals surface area contributed by atoms with Gasteiger partial charge in [-0.25, -0.2) is 0 Å². The van der Waals surface area contributed by atoms with Crippen molar-refractivity contribution in [1.29, 1.82) is 0 Å². The molecule has 7 heteroatoms. The summed E-state index contributed by atoms with van der Waals surface area (Å²) in [4.78, 5) is 14.6. The molecule has 128 valence electrons. The number of nitrogens with one attached hydrogen (secondary N) is 2. The summed E-state index contributed by atoms with van der Waals surface area (Å²) < 4.78 is 0. The molecule has 0 saturated carbocycles. The Balaban J connectivity index is 0.00000288. The number of halogens is 1. The van der Waals surface area contributed by atoms with Crippen LogP contribution in [0.4, 0.5) is 5.69 Å². The Hall–Kier alpha value is -2.16. The maximum absolute atomic E-state index is 10.8. The summed E-state index contributed by atoms with van der Waals surface area (Å²) >= 11 is 0. The maximum Gasteiger partial charge on any atom is 0.269 e. The Morgan fingerprint density at radius 1 is 1.12 bits per heavy atom. The molecule has 0 spiro atoms. The Morgan fingerprint density at radius 3 is 2.50 bits per heavy atom. The van der Waals surface area contributed by atoms with Crippen LogP contribution >= 0.6 is 24.0 Å². The van der Waals surface area contributed by atoms with Crippen molar-refractivity contribution in [3.8, 4) is 0 Å². The molecule has 2 rings (SSSR count). The third-order valence-corrected chi connectivity index (χ3v) is 3.51. The maximum atomic E-state index is 10.8. The first-order valence-corrected chi connectivity index (χ1v) is 7.32. The first-order chi connectivity index (χ1) is 11.1. The second-order valence-electron chi connectivity index (χ2n) is 5.13. The van der Waals surface area contributed by atoms with Gasteiger partial charge in [0, 0.05) is 32.3 Å². The minimum atomic E-state index is -0.394. The molecule has 2 aromatic carbocycles. The van der Waals surface area contributed by atoms with Crippen molar-refractivity contribution < 1.29 is 4.92 Å². The third kappa shape index (κ3) is 5.80. The number of benzene rings is 2. The molecule has 0 fully saturated rings. The lowest BCUT2D eigenvalue weighted by Crippen LogP contribution is -2.36. The molecule has 0 aromatic heterocycles. The second kappa shape index (κ2) is 9.86. The van der Waals surface area contributed by atoms with E-state index < -0.39 is 4.92 Å². The summed E-state index contributed by atoms with van der Waals surface area (Å²) in [6.07, 6.45) is 0. The topological polar surface area (TPSA) is 79.6 Å². The number of aryl methyl sites for hydroxylation is 1. The molecule has 6 nitrogen and oxygen atoms in total. The number of non-ortho nitro benzene ring substituents is 1. The molecule has 0 aliphatic carbocycles. The van der Waals surface area contributed by atoms with Crippen molar-refractivity contribution in [3.05, 3.63) is 75.3 Å². The zero-order chi connectivity index (χ0) is 16.7. The van der Waals surface area contributed by atoms with Gasteiger partial charge in [-0.3, -0.25) is 15.1 Å². The van der Waals surface area contributed by atoms with Crippen molar-refractivity contribution in [2.75, 3.05) is 7.05 Å². The molecule has 0 atom stereocenters. The van der Waals surface area contributed by atoms with Crippen LogP contribution in [0.1, 0.15) is 16.7 Å². The molecule has 0 radical (unpaired) electrons. The largest absolute Gasteiger partial charge is 0.352 e. The Kier molecular flexibility index (Phi) is 8.17. The van der Waals surface area contributed by atoms with E-state index in [0.717, 1.165) is 5.56 Å². The Labute approximate surface area is 158 Å². The van der Waals surface area contributed by atoms with Gasteiger partial charge in [-0.15, -0.1) is 24.0 Å². The summed E-state index contributed by atoms with van der Waals surface area (Å²) in [5, 5.41) is 17.2. The number of nitro groups is 1. The first kappa shape index (κ1) is 19.9. The number of hydrogen-bond acceptors (Lipinski definition) is 3. The van der Waals surface area contributed by atoms with Gasteiger partial charge in [0.1, 0.15) is 0 Å². The minimum Gasteiger partial charge on any atom is -0.352 e. The number of guanidine groups is 1. The summed E-state index contributed by atoms with van der Waals surface area (Å²) in [6.45, 7) is 3.20. The fourth-order valence-electron chi connectivity index (χ4n) is 2.17. The van der Waals surface area contributed by atoms with Gasteiger partial charge in [0.2, 0.25) is 0 Å². The van der Waals surface area contributed by atoms with Gasteiger partial charge in [0.25, 0.3) is 5.69 Å². The minimum absolute atomic E-state index is 0. The van der Waals surface area contributed by atoms with Crippen LogP contribution in [0.2, 0.25) is 0 Å². The number of nitro benzene ring substituents is 1. The highest BCUT2D eigenvalue weighted by Crippen LogP contribution is 2.12. The number of nitrogens with zero attached hydrogens (tertiary/aromatic N) is 2. The van der Waals surface area contributed by atoms with E-state index in [4.69, 9.17) is 0 Å². The van der Waals surface area contributed by atoms with Crippen molar-refractivity contribution in [3.63, 3.8) is 0 Å². The molecular weight excluding hydrogens is 419 g/mol. The highest BCUT2D eigenvalue weighted by atomic mass is 127. The SMILES string of the molecule is CN=C(NCc1cccc([N+](=O)[O-])c1)NCc1ccccc1C.I. The van der Waals surface area contributed by atoms with Crippen molar-refractivity contribution in [2.45, 2.75) is 20.0 Å².